The maximum atomic E-state index is 12.2. The van der Waals surface area contributed by atoms with Crippen molar-refractivity contribution in [1.29, 1.82) is 0 Å². The first-order valence-electron chi connectivity index (χ1n) is 9.35. The van der Waals surface area contributed by atoms with Gasteiger partial charge in [0.25, 0.3) is 5.22 Å². The number of para-hydroxylation sites is 1. The van der Waals surface area contributed by atoms with Gasteiger partial charge in [-0.2, -0.15) is 0 Å². The molecule has 0 atom stereocenters. The number of anilines is 2. The summed E-state index contributed by atoms with van der Waals surface area (Å²) in [6.45, 7) is 3.60. The van der Waals surface area contributed by atoms with Gasteiger partial charge in [-0.15, -0.1) is 10.2 Å². The molecule has 0 unspecified atom stereocenters. The van der Waals surface area contributed by atoms with Gasteiger partial charge in [-0.05, 0) is 49.2 Å². The van der Waals surface area contributed by atoms with Gasteiger partial charge in [0.05, 0.1) is 11.5 Å². The molecule has 0 aliphatic rings. The number of sulfonamides is 1. The first-order valence-corrected chi connectivity index (χ1v) is 12.0. The quantitative estimate of drug-likeness (QED) is 0.481. The lowest BCUT2D eigenvalue weighted by Crippen LogP contribution is -2.15. The summed E-state index contributed by atoms with van der Waals surface area (Å²) in [4.78, 5) is 12.2. The molecular formula is C20H22N4O4S2. The highest BCUT2D eigenvalue weighted by molar-refractivity contribution is 7.99. The molecule has 0 radical (unpaired) electrons. The first-order chi connectivity index (χ1) is 14.4. The Morgan fingerprint density at radius 2 is 1.80 bits per heavy atom. The number of benzene rings is 2. The highest BCUT2D eigenvalue weighted by Gasteiger charge is 2.13. The van der Waals surface area contributed by atoms with Crippen molar-refractivity contribution in [3.05, 3.63) is 54.1 Å². The molecule has 0 fully saturated rings. The van der Waals surface area contributed by atoms with Gasteiger partial charge < -0.3 is 9.73 Å². The molecular weight excluding hydrogens is 424 g/mol. The molecule has 2 N–H and O–H groups in total. The van der Waals surface area contributed by atoms with Crippen LogP contribution in [-0.4, -0.2) is 36.0 Å². The van der Waals surface area contributed by atoms with Crippen LogP contribution in [0.15, 0.2) is 58.2 Å². The fourth-order valence-electron chi connectivity index (χ4n) is 2.58. The minimum absolute atomic E-state index is 0.00337. The predicted octanol–water partition coefficient (Wildman–Crippen LogP) is 3.79. The van der Waals surface area contributed by atoms with Crippen molar-refractivity contribution >= 4 is 39.1 Å². The van der Waals surface area contributed by atoms with Gasteiger partial charge in [-0.3, -0.25) is 9.52 Å². The van der Waals surface area contributed by atoms with Crippen LogP contribution in [0.25, 0.3) is 11.5 Å². The topological polar surface area (TPSA) is 114 Å². The van der Waals surface area contributed by atoms with E-state index in [0.29, 0.717) is 17.1 Å². The number of aryl methyl sites for hydroxylation is 1. The SMILES string of the molecule is CCc1ccccc1NC(=O)CSc1nnc(-c2ccc(NS(=O)(=O)CC)cc2)o1. The van der Waals surface area contributed by atoms with Crippen LogP contribution in [-0.2, 0) is 21.2 Å². The molecule has 30 heavy (non-hydrogen) atoms. The van der Waals surface area contributed by atoms with Crippen molar-refractivity contribution in [2.45, 2.75) is 25.5 Å². The molecule has 1 amide bonds. The van der Waals surface area contributed by atoms with Crippen LogP contribution in [0.5, 0.6) is 0 Å². The lowest BCUT2D eigenvalue weighted by atomic mass is 10.1. The average molecular weight is 447 g/mol. The summed E-state index contributed by atoms with van der Waals surface area (Å²) >= 11 is 1.15. The van der Waals surface area contributed by atoms with Crippen LogP contribution >= 0.6 is 11.8 Å². The summed E-state index contributed by atoms with van der Waals surface area (Å²) < 4.78 is 31.3. The fraction of sp³-hybridized carbons (Fsp3) is 0.250. The molecule has 2 aromatic carbocycles. The van der Waals surface area contributed by atoms with E-state index in [4.69, 9.17) is 4.42 Å². The molecule has 1 aromatic heterocycles. The lowest BCUT2D eigenvalue weighted by molar-refractivity contribution is -0.113. The second-order valence-electron chi connectivity index (χ2n) is 6.30. The van der Waals surface area contributed by atoms with Crippen LogP contribution in [0.3, 0.4) is 0 Å². The van der Waals surface area contributed by atoms with Gasteiger partial charge in [0.2, 0.25) is 21.8 Å². The second kappa shape index (κ2) is 9.77. The van der Waals surface area contributed by atoms with Gasteiger partial charge >= 0.3 is 0 Å². The van der Waals surface area contributed by atoms with Crippen molar-refractivity contribution in [3.8, 4) is 11.5 Å². The summed E-state index contributed by atoms with van der Waals surface area (Å²) in [7, 11) is -3.33. The molecule has 10 heteroatoms. The second-order valence-corrected chi connectivity index (χ2v) is 9.24. The highest BCUT2D eigenvalue weighted by Crippen LogP contribution is 2.25. The van der Waals surface area contributed by atoms with E-state index in [0.717, 1.165) is 29.4 Å². The minimum Gasteiger partial charge on any atom is -0.411 e. The van der Waals surface area contributed by atoms with E-state index in [-0.39, 0.29) is 22.6 Å². The Morgan fingerprint density at radius 3 is 2.50 bits per heavy atom. The molecule has 3 aromatic rings. The van der Waals surface area contributed by atoms with E-state index >= 15 is 0 Å². The van der Waals surface area contributed by atoms with Crippen LogP contribution < -0.4 is 10.0 Å². The first kappa shape index (κ1) is 21.8. The predicted molar refractivity (Wildman–Crippen MR) is 118 cm³/mol. The smallest absolute Gasteiger partial charge is 0.277 e. The Hall–Kier alpha value is -2.85. The standard InChI is InChI=1S/C20H22N4O4S2/c1-3-14-7-5-6-8-17(14)21-18(25)13-29-20-23-22-19(28-20)15-9-11-16(12-10-15)24-30(26,27)4-2/h5-12,24H,3-4,13H2,1-2H3,(H,21,25). The zero-order valence-electron chi connectivity index (χ0n) is 16.6. The summed E-state index contributed by atoms with van der Waals surface area (Å²) in [5.74, 6) is 0.265. The zero-order valence-corrected chi connectivity index (χ0v) is 18.2. The number of carbonyl (C=O) groups is 1. The van der Waals surface area contributed by atoms with Crippen LogP contribution in [0, 0.1) is 0 Å². The number of nitrogens with zero attached hydrogens (tertiary/aromatic N) is 2. The van der Waals surface area contributed by atoms with Gasteiger partial charge in [0, 0.05) is 16.9 Å². The van der Waals surface area contributed by atoms with Gasteiger partial charge in [-0.25, -0.2) is 8.42 Å². The van der Waals surface area contributed by atoms with Crippen LogP contribution in [0.1, 0.15) is 19.4 Å². The Kier molecular flexibility index (Phi) is 7.11. The molecule has 0 bridgehead atoms. The fourth-order valence-corrected chi connectivity index (χ4v) is 3.78. The number of rotatable bonds is 9. The third-order valence-electron chi connectivity index (χ3n) is 4.19. The third-order valence-corrected chi connectivity index (χ3v) is 6.32. The van der Waals surface area contributed by atoms with Crippen molar-refractivity contribution < 1.29 is 17.6 Å². The van der Waals surface area contributed by atoms with E-state index < -0.39 is 10.0 Å². The van der Waals surface area contributed by atoms with E-state index in [1.165, 1.54) is 0 Å². The molecule has 3 rings (SSSR count). The zero-order chi connectivity index (χ0) is 21.6. The average Bonchev–Trinajstić information content (AvgIpc) is 3.22. The summed E-state index contributed by atoms with van der Waals surface area (Å²) in [6, 6.07) is 14.3. The Balaban J connectivity index is 1.58. The molecule has 0 aliphatic heterocycles. The highest BCUT2D eigenvalue weighted by atomic mass is 32.2. The summed E-state index contributed by atoms with van der Waals surface area (Å²) in [5.41, 5.74) is 2.98. The molecule has 0 saturated carbocycles. The van der Waals surface area contributed by atoms with Crippen molar-refractivity contribution in [3.63, 3.8) is 0 Å². The monoisotopic (exact) mass is 446 g/mol. The van der Waals surface area contributed by atoms with Gasteiger partial charge in [0.15, 0.2) is 0 Å². The molecule has 158 valence electrons. The third kappa shape index (κ3) is 5.83. The number of amides is 1. The molecule has 1 heterocycles. The number of hydrogen-bond donors (Lipinski definition) is 2. The molecule has 0 spiro atoms. The molecule has 0 aliphatic carbocycles. The maximum absolute atomic E-state index is 12.2. The van der Waals surface area contributed by atoms with E-state index in [2.05, 4.69) is 20.2 Å². The molecule has 0 saturated heterocycles. The maximum Gasteiger partial charge on any atom is 0.277 e. The summed E-state index contributed by atoms with van der Waals surface area (Å²) in [5, 5.41) is 11.1. The van der Waals surface area contributed by atoms with E-state index in [9.17, 15) is 13.2 Å². The van der Waals surface area contributed by atoms with Crippen molar-refractivity contribution in [2.75, 3.05) is 21.5 Å². The number of hydrogen-bond acceptors (Lipinski definition) is 7. The van der Waals surface area contributed by atoms with E-state index in [1.807, 2.05) is 31.2 Å². The number of nitrogens with one attached hydrogen (secondary N) is 2. The Bertz CT molecular complexity index is 1110. The van der Waals surface area contributed by atoms with Gasteiger partial charge in [0.1, 0.15) is 0 Å². The van der Waals surface area contributed by atoms with Crippen LogP contribution in [0.4, 0.5) is 11.4 Å². The van der Waals surface area contributed by atoms with E-state index in [1.54, 1.807) is 31.2 Å². The number of carbonyl (C=O) groups excluding carboxylic acids is 1. The number of thioether (sulfide) groups is 1. The van der Waals surface area contributed by atoms with Crippen molar-refractivity contribution in [1.82, 2.24) is 10.2 Å². The minimum atomic E-state index is -3.33. The molecule has 8 nitrogen and oxygen atoms in total. The van der Waals surface area contributed by atoms with Crippen molar-refractivity contribution in [2.24, 2.45) is 0 Å². The number of aromatic nitrogens is 2. The van der Waals surface area contributed by atoms with Gasteiger partial charge in [-0.1, -0.05) is 36.9 Å². The Morgan fingerprint density at radius 1 is 1.07 bits per heavy atom. The largest absolute Gasteiger partial charge is 0.411 e. The Labute approximate surface area is 179 Å². The lowest BCUT2D eigenvalue weighted by Gasteiger charge is -2.08. The normalized spacial score (nSPS) is 11.3. The summed E-state index contributed by atoms with van der Waals surface area (Å²) in [6.07, 6.45) is 0.829. The van der Waals surface area contributed by atoms with Crippen LogP contribution in [0.2, 0.25) is 0 Å².